The molecule has 1 amide bonds. The van der Waals surface area contributed by atoms with Crippen LogP contribution in [0.2, 0.25) is 0 Å². The minimum absolute atomic E-state index is 0.0248. The molecule has 4 nitrogen and oxygen atoms in total. The van der Waals surface area contributed by atoms with Gasteiger partial charge in [0.25, 0.3) is 5.91 Å². The highest BCUT2D eigenvalue weighted by atomic mass is 19.4. The quantitative estimate of drug-likeness (QED) is 0.835. The molecule has 0 saturated carbocycles. The van der Waals surface area contributed by atoms with Crippen LogP contribution in [0, 0.1) is 11.8 Å². The number of alkyl halides is 3. The first kappa shape index (κ1) is 17.0. The van der Waals surface area contributed by atoms with Crippen molar-refractivity contribution in [2.45, 2.75) is 32.0 Å². The third-order valence-electron chi connectivity index (χ3n) is 2.38. The number of carbonyl (C=O) groups excluding carboxylic acids is 1. The summed E-state index contributed by atoms with van der Waals surface area (Å²) in [5.41, 5.74) is 0.583. The molecule has 1 unspecified atom stereocenters. The SMILES string of the molecule is CC(CC(F)(F)F)NC(=O)c1ccc(C#CCCO)cn1. The minimum Gasteiger partial charge on any atom is -0.395 e. The lowest BCUT2D eigenvalue weighted by Gasteiger charge is -2.15. The second kappa shape index (κ2) is 7.64. The highest BCUT2D eigenvalue weighted by Crippen LogP contribution is 2.21. The Morgan fingerprint density at radius 3 is 2.71 bits per heavy atom. The third-order valence-corrected chi connectivity index (χ3v) is 2.38. The lowest BCUT2D eigenvalue weighted by atomic mass is 10.2. The number of hydrogen-bond donors (Lipinski definition) is 2. The zero-order valence-electron chi connectivity index (χ0n) is 11.4. The van der Waals surface area contributed by atoms with Gasteiger partial charge in [0.1, 0.15) is 5.69 Å². The maximum Gasteiger partial charge on any atom is 0.391 e. The third kappa shape index (κ3) is 6.77. The summed E-state index contributed by atoms with van der Waals surface area (Å²) in [4.78, 5) is 15.6. The summed E-state index contributed by atoms with van der Waals surface area (Å²) in [6.45, 7) is 1.23. The molecule has 2 N–H and O–H groups in total. The predicted molar refractivity (Wildman–Crippen MR) is 70.4 cm³/mol. The summed E-state index contributed by atoms with van der Waals surface area (Å²) in [5.74, 6) is 4.76. The molecule has 0 radical (unpaired) electrons. The van der Waals surface area contributed by atoms with Crippen LogP contribution in [-0.2, 0) is 0 Å². The molecule has 0 aliphatic heterocycles. The van der Waals surface area contributed by atoms with E-state index in [4.69, 9.17) is 5.11 Å². The van der Waals surface area contributed by atoms with E-state index in [1.54, 1.807) is 6.07 Å². The summed E-state index contributed by atoms with van der Waals surface area (Å²) in [6, 6.07) is 1.91. The smallest absolute Gasteiger partial charge is 0.391 e. The van der Waals surface area contributed by atoms with E-state index < -0.39 is 24.5 Å². The fourth-order valence-electron chi connectivity index (χ4n) is 1.52. The highest BCUT2D eigenvalue weighted by molar-refractivity contribution is 5.92. The molecule has 0 aliphatic rings. The van der Waals surface area contributed by atoms with Crippen LogP contribution in [0.15, 0.2) is 18.3 Å². The molecule has 0 bridgehead atoms. The molecule has 7 heteroatoms. The van der Waals surface area contributed by atoms with Crippen LogP contribution in [-0.4, -0.2) is 34.8 Å². The molecule has 1 aromatic heterocycles. The number of nitrogens with one attached hydrogen (secondary N) is 1. The summed E-state index contributed by atoms with van der Waals surface area (Å²) < 4.78 is 36.5. The first-order chi connectivity index (χ1) is 9.81. The van der Waals surface area contributed by atoms with Gasteiger partial charge in [0, 0.05) is 24.2 Å². The maximum atomic E-state index is 12.2. The van der Waals surface area contributed by atoms with Gasteiger partial charge in [0.05, 0.1) is 13.0 Å². The largest absolute Gasteiger partial charge is 0.395 e. The van der Waals surface area contributed by atoms with Crippen molar-refractivity contribution in [2.24, 2.45) is 0 Å². The molecule has 0 aromatic carbocycles. The molecule has 0 fully saturated rings. The first-order valence-corrected chi connectivity index (χ1v) is 6.25. The van der Waals surface area contributed by atoms with Crippen molar-refractivity contribution in [2.75, 3.05) is 6.61 Å². The van der Waals surface area contributed by atoms with Gasteiger partial charge < -0.3 is 10.4 Å². The fraction of sp³-hybridized carbons (Fsp3) is 0.429. The summed E-state index contributed by atoms with van der Waals surface area (Å²) in [7, 11) is 0. The Balaban J connectivity index is 2.62. The number of hydrogen-bond acceptors (Lipinski definition) is 3. The normalized spacial score (nSPS) is 12.2. The van der Waals surface area contributed by atoms with Crippen molar-refractivity contribution in [1.82, 2.24) is 10.3 Å². The fourth-order valence-corrected chi connectivity index (χ4v) is 1.52. The van der Waals surface area contributed by atoms with Gasteiger partial charge in [-0.1, -0.05) is 11.8 Å². The summed E-state index contributed by atoms with van der Waals surface area (Å²) in [6.07, 6.45) is -3.74. The van der Waals surface area contributed by atoms with E-state index in [2.05, 4.69) is 22.1 Å². The number of aliphatic hydroxyl groups is 1. The molecule has 1 aromatic rings. The Hall–Kier alpha value is -2.07. The molecule has 21 heavy (non-hydrogen) atoms. The van der Waals surface area contributed by atoms with Crippen molar-refractivity contribution in [1.29, 1.82) is 0 Å². The number of aliphatic hydroxyl groups excluding tert-OH is 1. The lowest BCUT2D eigenvalue weighted by Crippen LogP contribution is -2.36. The van der Waals surface area contributed by atoms with Gasteiger partial charge in [0.15, 0.2) is 0 Å². The number of nitrogens with zero attached hydrogens (tertiary/aromatic N) is 1. The van der Waals surface area contributed by atoms with E-state index in [0.717, 1.165) is 0 Å². The van der Waals surface area contributed by atoms with Gasteiger partial charge in [-0.3, -0.25) is 4.79 Å². The monoisotopic (exact) mass is 300 g/mol. The standard InChI is InChI=1S/C14H15F3N2O2/c1-10(8-14(15,16)17)19-13(21)12-6-5-11(9-18-12)4-2-3-7-20/h5-6,9-10,20H,3,7-8H2,1H3,(H,19,21). The molecular weight excluding hydrogens is 285 g/mol. The van der Waals surface area contributed by atoms with Gasteiger partial charge in [-0.2, -0.15) is 13.2 Å². The zero-order valence-corrected chi connectivity index (χ0v) is 11.4. The predicted octanol–water partition coefficient (Wildman–Crippen LogP) is 1.89. The minimum atomic E-state index is -4.33. The van der Waals surface area contributed by atoms with Crippen LogP contribution < -0.4 is 5.32 Å². The second-order valence-electron chi connectivity index (χ2n) is 4.40. The molecule has 1 rings (SSSR count). The maximum absolute atomic E-state index is 12.2. The number of halogens is 3. The number of pyridine rings is 1. The van der Waals surface area contributed by atoms with Gasteiger partial charge in [-0.15, -0.1) is 0 Å². The molecule has 1 atom stereocenters. The van der Waals surface area contributed by atoms with Crippen LogP contribution in [0.5, 0.6) is 0 Å². The zero-order chi connectivity index (χ0) is 15.9. The van der Waals surface area contributed by atoms with Crippen LogP contribution >= 0.6 is 0 Å². The molecule has 0 spiro atoms. The van der Waals surface area contributed by atoms with Crippen molar-refractivity contribution in [3.8, 4) is 11.8 Å². The van der Waals surface area contributed by atoms with Gasteiger partial charge in [-0.05, 0) is 19.1 Å². The Bertz CT molecular complexity index is 530. The van der Waals surface area contributed by atoms with E-state index in [-0.39, 0.29) is 12.3 Å². The Labute approximate surface area is 120 Å². The van der Waals surface area contributed by atoms with E-state index in [0.29, 0.717) is 12.0 Å². The van der Waals surface area contributed by atoms with Crippen molar-refractivity contribution >= 4 is 5.91 Å². The summed E-state index contributed by atoms with van der Waals surface area (Å²) in [5, 5.41) is 10.8. The van der Waals surface area contributed by atoms with E-state index in [1.807, 2.05) is 0 Å². The molecule has 1 heterocycles. The second-order valence-corrected chi connectivity index (χ2v) is 4.40. The van der Waals surface area contributed by atoms with Crippen LogP contribution in [0.4, 0.5) is 13.2 Å². The molecular formula is C14H15F3N2O2. The van der Waals surface area contributed by atoms with E-state index >= 15 is 0 Å². The number of rotatable bonds is 4. The topological polar surface area (TPSA) is 62.2 Å². The van der Waals surface area contributed by atoms with Crippen LogP contribution in [0.1, 0.15) is 35.8 Å². The first-order valence-electron chi connectivity index (χ1n) is 6.25. The average molecular weight is 300 g/mol. The van der Waals surface area contributed by atoms with Crippen molar-refractivity contribution in [3.05, 3.63) is 29.6 Å². The Morgan fingerprint density at radius 1 is 1.48 bits per heavy atom. The number of amides is 1. The van der Waals surface area contributed by atoms with Crippen LogP contribution in [0.3, 0.4) is 0 Å². The Morgan fingerprint density at radius 2 is 2.19 bits per heavy atom. The Kier molecular flexibility index (Phi) is 6.18. The van der Waals surface area contributed by atoms with Gasteiger partial charge >= 0.3 is 6.18 Å². The highest BCUT2D eigenvalue weighted by Gasteiger charge is 2.30. The van der Waals surface area contributed by atoms with Crippen molar-refractivity contribution < 1.29 is 23.1 Å². The lowest BCUT2D eigenvalue weighted by molar-refractivity contribution is -0.138. The van der Waals surface area contributed by atoms with E-state index in [9.17, 15) is 18.0 Å². The number of aromatic nitrogens is 1. The summed E-state index contributed by atoms with van der Waals surface area (Å²) >= 11 is 0. The van der Waals surface area contributed by atoms with E-state index in [1.165, 1.54) is 19.2 Å². The van der Waals surface area contributed by atoms with Crippen LogP contribution in [0.25, 0.3) is 0 Å². The van der Waals surface area contributed by atoms with Gasteiger partial charge in [-0.25, -0.2) is 4.98 Å². The molecule has 0 saturated heterocycles. The molecule has 114 valence electrons. The number of carbonyl (C=O) groups is 1. The van der Waals surface area contributed by atoms with Crippen molar-refractivity contribution in [3.63, 3.8) is 0 Å². The average Bonchev–Trinajstić information content (AvgIpc) is 2.37. The molecule has 0 aliphatic carbocycles. The van der Waals surface area contributed by atoms with Gasteiger partial charge in [0.2, 0.25) is 0 Å².